The summed E-state index contributed by atoms with van der Waals surface area (Å²) in [5.41, 5.74) is 2.35. The molecule has 0 aromatic heterocycles. The van der Waals surface area contributed by atoms with Gasteiger partial charge in [-0.2, -0.15) is 0 Å². The zero-order chi connectivity index (χ0) is 18.5. The molecule has 26 heavy (non-hydrogen) atoms. The summed E-state index contributed by atoms with van der Waals surface area (Å²) < 4.78 is 13.0. The third kappa shape index (κ3) is 4.26. The van der Waals surface area contributed by atoms with Crippen molar-refractivity contribution >= 4 is 17.5 Å². The van der Waals surface area contributed by atoms with Crippen LogP contribution in [0, 0.1) is 12.7 Å². The molecule has 5 nitrogen and oxygen atoms in total. The van der Waals surface area contributed by atoms with Crippen LogP contribution in [0.1, 0.15) is 32.7 Å². The summed E-state index contributed by atoms with van der Waals surface area (Å²) in [6, 6.07) is 10.7. The normalized spacial score (nSPS) is 14.6. The summed E-state index contributed by atoms with van der Waals surface area (Å²) >= 11 is 0. The zero-order valence-electron chi connectivity index (χ0n) is 14.7. The fourth-order valence-electron chi connectivity index (χ4n) is 2.92. The van der Waals surface area contributed by atoms with Crippen LogP contribution in [0.3, 0.4) is 0 Å². The molecule has 0 saturated carbocycles. The van der Waals surface area contributed by atoms with Gasteiger partial charge >= 0.3 is 0 Å². The van der Waals surface area contributed by atoms with Gasteiger partial charge in [0.1, 0.15) is 5.82 Å². The first-order chi connectivity index (χ1) is 12.5. The summed E-state index contributed by atoms with van der Waals surface area (Å²) in [5.74, 6) is -0.764. The molecule has 136 valence electrons. The number of hydrogen-bond donors (Lipinski definition) is 2. The van der Waals surface area contributed by atoms with Gasteiger partial charge in [-0.05, 0) is 61.9 Å². The first-order valence-electron chi connectivity index (χ1n) is 8.72. The predicted molar refractivity (Wildman–Crippen MR) is 98.9 cm³/mol. The summed E-state index contributed by atoms with van der Waals surface area (Å²) in [6.07, 6.45) is 0.922. The van der Waals surface area contributed by atoms with Crippen molar-refractivity contribution < 1.29 is 14.0 Å². The smallest absolute Gasteiger partial charge is 0.255 e. The zero-order valence-corrected chi connectivity index (χ0v) is 14.7. The number of carbonyl (C=O) groups excluding carboxylic acids is 2. The highest BCUT2D eigenvalue weighted by molar-refractivity contribution is 6.05. The second-order valence-corrected chi connectivity index (χ2v) is 6.39. The quantitative estimate of drug-likeness (QED) is 0.890. The van der Waals surface area contributed by atoms with Gasteiger partial charge in [0.05, 0.1) is 0 Å². The topological polar surface area (TPSA) is 61.4 Å². The lowest BCUT2D eigenvalue weighted by Gasteiger charge is -2.20. The Morgan fingerprint density at radius 2 is 1.77 bits per heavy atom. The standard InChI is InChI=1S/C20H22FN3O2/c1-14-3-4-16(20(26)24-11-2-9-22-10-12-24)13-18(14)23-19(25)15-5-7-17(21)8-6-15/h3-8,13,22H,2,9-12H2,1H3,(H,23,25). The van der Waals surface area contributed by atoms with Crippen molar-refractivity contribution in [3.05, 3.63) is 65.0 Å². The molecule has 1 aliphatic rings. The van der Waals surface area contributed by atoms with Crippen LogP contribution in [0.5, 0.6) is 0 Å². The Kier molecular flexibility index (Phi) is 5.63. The van der Waals surface area contributed by atoms with E-state index in [-0.39, 0.29) is 11.8 Å². The van der Waals surface area contributed by atoms with E-state index in [0.29, 0.717) is 23.4 Å². The van der Waals surface area contributed by atoms with Crippen LogP contribution in [0.25, 0.3) is 0 Å². The molecular formula is C20H22FN3O2. The maximum atomic E-state index is 13.0. The maximum absolute atomic E-state index is 13.0. The number of amides is 2. The number of nitrogens with one attached hydrogen (secondary N) is 2. The van der Waals surface area contributed by atoms with E-state index in [1.807, 2.05) is 17.9 Å². The molecule has 0 bridgehead atoms. The van der Waals surface area contributed by atoms with Gasteiger partial charge in [0, 0.05) is 36.4 Å². The lowest BCUT2D eigenvalue weighted by atomic mass is 10.1. The molecule has 1 fully saturated rings. The van der Waals surface area contributed by atoms with E-state index in [2.05, 4.69) is 10.6 Å². The molecule has 6 heteroatoms. The first kappa shape index (κ1) is 18.1. The van der Waals surface area contributed by atoms with Gasteiger partial charge in [-0.25, -0.2) is 4.39 Å². The molecule has 2 aromatic carbocycles. The van der Waals surface area contributed by atoms with Crippen LogP contribution in [0.2, 0.25) is 0 Å². The Morgan fingerprint density at radius 3 is 2.54 bits per heavy atom. The largest absolute Gasteiger partial charge is 0.337 e. The lowest BCUT2D eigenvalue weighted by Crippen LogP contribution is -2.34. The number of anilines is 1. The lowest BCUT2D eigenvalue weighted by molar-refractivity contribution is 0.0766. The Morgan fingerprint density at radius 1 is 1.04 bits per heavy atom. The first-order valence-corrected chi connectivity index (χ1v) is 8.72. The molecule has 3 rings (SSSR count). The van der Waals surface area contributed by atoms with E-state index in [9.17, 15) is 14.0 Å². The summed E-state index contributed by atoms with van der Waals surface area (Å²) in [6.45, 7) is 4.95. The minimum absolute atomic E-state index is 0.0361. The van der Waals surface area contributed by atoms with Crippen LogP contribution in [0.15, 0.2) is 42.5 Å². The van der Waals surface area contributed by atoms with E-state index >= 15 is 0 Å². The number of rotatable bonds is 3. The molecule has 0 radical (unpaired) electrons. The third-order valence-corrected chi connectivity index (χ3v) is 4.47. The molecule has 1 saturated heterocycles. The van der Waals surface area contributed by atoms with Gasteiger partial charge in [0.2, 0.25) is 0 Å². The van der Waals surface area contributed by atoms with Gasteiger partial charge in [-0.1, -0.05) is 6.07 Å². The molecule has 2 N–H and O–H groups in total. The Hall–Kier alpha value is -2.73. The minimum atomic E-state index is -0.391. The van der Waals surface area contributed by atoms with Crippen LogP contribution in [-0.4, -0.2) is 42.9 Å². The van der Waals surface area contributed by atoms with Gasteiger partial charge < -0.3 is 15.5 Å². The van der Waals surface area contributed by atoms with E-state index in [1.54, 1.807) is 12.1 Å². The Labute approximate surface area is 152 Å². The number of halogens is 1. The number of hydrogen-bond acceptors (Lipinski definition) is 3. The fourth-order valence-corrected chi connectivity index (χ4v) is 2.92. The van der Waals surface area contributed by atoms with Crippen molar-refractivity contribution in [2.24, 2.45) is 0 Å². The summed E-state index contributed by atoms with van der Waals surface area (Å²) in [4.78, 5) is 27.0. The highest BCUT2D eigenvalue weighted by Gasteiger charge is 2.18. The number of benzene rings is 2. The van der Waals surface area contributed by atoms with Crippen molar-refractivity contribution in [3.8, 4) is 0 Å². The van der Waals surface area contributed by atoms with Crippen molar-refractivity contribution in [1.82, 2.24) is 10.2 Å². The number of aryl methyl sites for hydroxylation is 1. The molecule has 1 aliphatic heterocycles. The van der Waals surface area contributed by atoms with Crippen molar-refractivity contribution in [3.63, 3.8) is 0 Å². The van der Waals surface area contributed by atoms with E-state index in [0.717, 1.165) is 31.6 Å². The van der Waals surface area contributed by atoms with Gasteiger partial charge in [-0.3, -0.25) is 9.59 Å². The highest BCUT2D eigenvalue weighted by Crippen LogP contribution is 2.19. The molecule has 1 heterocycles. The molecule has 2 aromatic rings. The van der Waals surface area contributed by atoms with Gasteiger partial charge in [0.15, 0.2) is 0 Å². The SMILES string of the molecule is Cc1ccc(C(=O)N2CCCNCC2)cc1NC(=O)c1ccc(F)cc1. The monoisotopic (exact) mass is 355 g/mol. The van der Waals surface area contributed by atoms with Crippen LogP contribution in [0.4, 0.5) is 10.1 Å². The van der Waals surface area contributed by atoms with Crippen molar-refractivity contribution in [2.45, 2.75) is 13.3 Å². The Bertz CT molecular complexity index is 797. The predicted octanol–water partition coefficient (Wildman–Crippen LogP) is 2.82. The number of nitrogens with zero attached hydrogens (tertiary/aromatic N) is 1. The second-order valence-electron chi connectivity index (χ2n) is 6.39. The van der Waals surface area contributed by atoms with E-state index in [1.165, 1.54) is 24.3 Å². The fraction of sp³-hybridized carbons (Fsp3) is 0.300. The minimum Gasteiger partial charge on any atom is -0.337 e. The van der Waals surface area contributed by atoms with Crippen molar-refractivity contribution in [2.75, 3.05) is 31.5 Å². The molecule has 0 aliphatic carbocycles. The van der Waals surface area contributed by atoms with E-state index in [4.69, 9.17) is 0 Å². The van der Waals surface area contributed by atoms with Crippen molar-refractivity contribution in [1.29, 1.82) is 0 Å². The number of carbonyl (C=O) groups is 2. The van der Waals surface area contributed by atoms with Gasteiger partial charge in [-0.15, -0.1) is 0 Å². The third-order valence-electron chi connectivity index (χ3n) is 4.47. The van der Waals surface area contributed by atoms with Crippen LogP contribution < -0.4 is 10.6 Å². The maximum Gasteiger partial charge on any atom is 0.255 e. The Balaban J connectivity index is 1.77. The molecular weight excluding hydrogens is 333 g/mol. The average molecular weight is 355 g/mol. The van der Waals surface area contributed by atoms with E-state index < -0.39 is 5.82 Å². The molecule has 0 spiro atoms. The summed E-state index contributed by atoms with van der Waals surface area (Å²) in [7, 11) is 0. The average Bonchev–Trinajstić information content (AvgIpc) is 2.93. The highest BCUT2D eigenvalue weighted by atomic mass is 19.1. The van der Waals surface area contributed by atoms with Gasteiger partial charge in [0.25, 0.3) is 11.8 Å². The summed E-state index contributed by atoms with van der Waals surface area (Å²) in [5, 5.41) is 6.09. The molecule has 0 unspecified atom stereocenters. The molecule has 0 atom stereocenters. The van der Waals surface area contributed by atoms with Crippen LogP contribution in [-0.2, 0) is 0 Å². The molecule has 2 amide bonds. The second kappa shape index (κ2) is 8.10. The van der Waals surface area contributed by atoms with Crippen LogP contribution >= 0.6 is 0 Å².